The number of rotatable bonds is 6. The third kappa shape index (κ3) is 5.06. The summed E-state index contributed by atoms with van der Waals surface area (Å²) >= 11 is 5.07. The molecule has 0 fully saturated rings. The molecule has 0 saturated carbocycles. The van der Waals surface area contributed by atoms with Crippen LogP contribution in [-0.4, -0.2) is 23.0 Å². The quantitative estimate of drug-likeness (QED) is 0.646. The summed E-state index contributed by atoms with van der Waals surface area (Å²) in [6.07, 6.45) is 2.07. The molecule has 1 atom stereocenters. The van der Waals surface area contributed by atoms with Crippen molar-refractivity contribution in [3.63, 3.8) is 0 Å². The molecule has 1 rings (SSSR count). The van der Waals surface area contributed by atoms with Crippen LogP contribution in [0.3, 0.4) is 0 Å². The van der Waals surface area contributed by atoms with Gasteiger partial charge in [-0.2, -0.15) is 11.8 Å². The van der Waals surface area contributed by atoms with E-state index in [9.17, 15) is 10.1 Å². The molecule has 0 radical (unpaired) electrons. The van der Waals surface area contributed by atoms with E-state index in [-0.39, 0.29) is 10.6 Å². The van der Waals surface area contributed by atoms with Crippen molar-refractivity contribution in [3.8, 4) is 0 Å². The minimum absolute atomic E-state index is 0.120. The number of non-ortho nitro benzene ring substituents is 1. The molecule has 0 amide bonds. The second-order valence-corrected chi connectivity index (χ2v) is 5.94. The van der Waals surface area contributed by atoms with E-state index >= 15 is 0 Å². The molecule has 0 aliphatic rings. The summed E-state index contributed by atoms with van der Waals surface area (Å²) in [5.41, 5.74) is 1.04. The number of nitrogens with one attached hydrogen (secondary N) is 1. The van der Waals surface area contributed by atoms with Crippen LogP contribution in [0.4, 0.5) is 5.69 Å². The van der Waals surface area contributed by atoms with Gasteiger partial charge in [0, 0.05) is 34.9 Å². The SMILES string of the molecule is CSC(C)CNCc1cc(Br)cc([N+](=O)[O-])c1. The predicted molar refractivity (Wildman–Crippen MR) is 75.5 cm³/mol. The average molecular weight is 319 g/mol. The van der Waals surface area contributed by atoms with Gasteiger partial charge in [0.05, 0.1) is 4.92 Å². The molecular weight excluding hydrogens is 304 g/mol. The van der Waals surface area contributed by atoms with Crippen LogP contribution in [0.15, 0.2) is 22.7 Å². The Labute approximate surface area is 113 Å². The Morgan fingerprint density at radius 1 is 1.53 bits per heavy atom. The summed E-state index contributed by atoms with van der Waals surface area (Å²) in [7, 11) is 0. The van der Waals surface area contributed by atoms with E-state index in [4.69, 9.17) is 0 Å². The van der Waals surface area contributed by atoms with Gasteiger partial charge in [-0.3, -0.25) is 10.1 Å². The van der Waals surface area contributed by atoms with E-state index in [0.717, 1.165) is 16.6 Å². The van der Waals surface area contributed by atoms with Crippen molar-refractivity contribution in [2.45, 2.75) is 18.7 Å². The van der Waals surface area contributed by atoms with Crippen molar-refractivity contribution < 1.29 is 4.92 Å². The molecule has 1 unspecified atom stereocenters. The molecule has 4 nitrogen and oxygen atoms in total. The maximum atomic E-state index is 10.7. The topological polar surface area (TPSA) is 55.2 Å². The maximum Gasteiger partial charge on any atom is 0.270 e. The monoisotopic (exact) mass is 318 g/mol. The Morgan fingerprint density at radius 3 is 2.82 bits per heavy atom. The largest absolute Gasteiger partial charge is 0.312 e. The van der Waals surface area contributed by atoms with Gasteiger partial charge in [-0.05, 0) is 17.9 Å². The van der Waals surface area contributed by atoms with Gasteiger partial charge in [-0.25, -0.2) is 0 Å². The van der Waals surface area contributed by atoms with Crippen LogP contribution in [0.2, 0.25) is 0 Å². The van der Waals surface area contributed by atoms with Crippen molar-refractivity contribution in [1.82, 2.24) is 5.32 Å². The van der Waals surface area contributed by atoms with Gasteiger partial charge < -0.3 is 5.32 Å². The molecule has 0 aliphatic carbocycles. The van der Waals surface area contributed by atoms with E-state index in [0.29, 0.717) is 11.8 Å². The number of nitro benzene ring substituents is 1. The van der Waals surface area contributed by atoms with Crippen molar-refractivity contribution in [1.29, 1.82) is 0 Å². The lowest BCUT2D eigenvalue weighted by molar-refractivity contribution is -0.385. The summed E-state index contributed by atoms with van der Waals surface area (Å²) in [6, 6.07) is 5.00. The molecule has 6 heteroatoms. The van der Waals surface area contributed by atoms with Crippen molar-refractivity contribution >= 4 is 33.4 Å². The van der Waals surface area contributed by atoms with E-state index < -0.39 is 0 Å². The smallest absolute Gasteiger partial charge is 0.270 e. The first-order valence-corrected chi connectivity index (χ1v) is 7.28. The first-order valence-electron chi connectivity index (χ1n) is 5.20. The van der Waals surface area contributed by atoms with Gasteiger partial charge >= 0.3 is 0 Å². The highest BCUT2D eigenvalue weighted by molar-refractivity contribution is 9.10. The number of hydrogen-bond donors (Lipinski definition) is 1. The normalized spacial score (nSPS) is 12.4. The fourth-order valence-electron chi connectivity index (χ4n) is 1.34. The second kappa shape index (κ2) is 6.98. The van der Waals surface area contributed by atoms with Gasteiger partial charge in [-0.1, -0.05) is 22.9 Å². The van der Waals surface area contributed by atoms with Crippen molar-refractivity contribution in [3.05, 3.63) is 38.3 Å². The molecule has 1 aromatic rings. The lowest BCUT2D eigenvalue weighted by Crippen LogP contribution is -2.22. The lowest BCUT2D eigenvalue weighted by Gasteiger charge is -2.09. The Bertz CT molecular complexity index is 401. The number of nitro groups is 1. The molecular formula is C11H15BrN2O2S. The molecule has 0 heterocycles. The molecule has 0 saturated heterocycles. The fourth-order valence-corrected chi connectivity index (χ4v) is 2.16. The first-order chi connectivity index (χ1) is 8.02. The van der Waals surface area contributed by atoms with E-state index in [2.05, 4.69) is 34.4 Å². The molecule has 1 aromatic carbocycles. The zero-order chi connectivity index (χ0) is 12.8. The highest BCUT2D eigenvalue weighted by Crippen LogP contribution is 2.21. The summed E-state index contributed by atoms with van der Waals surface area (Å²) in [4.78, 5) is 10.3. The third-order valence-electron chi connectivity index (χ3n) is 2.32. The van der Waals surface area contributed by atoms with Crippen molar-refractivity contribution in [2.75, 3.05) is 12.8 Å². The van der Waals surface area contributed by atoms with Gasteiger partial charge in [0.2, 0.25) is 0 Å². The Balaban J connectivity index is 2.62. The van der Waals surface area contributed by atoms with Crippen LogP contribution >= 0.6 is 27.7 Å². The van der Waals surface area contributed by atoms with Crippen molar-refractivity contribution in [2.24, 2.45) is 0 Å². The summed E-state index contributed by atoms with van der Waals surface area (Å²) < 4.78 is 0.737. The summed E-state index contributed by atoms with van der Waals surface area (Å²) in [5.74, 6) is 0. The summed E-state index contributed by atoms with van der Waals surface area (Å²) in [6.45, 7) is 3.67. The van der Waals surface area contributed by atoms with Crippen LogP contribution in [0.1, 0.15) is 12.5 Å². The third-order valence-corrected chi connectivity index (χ3v) is 3.75. The molecule has 0 aromatic heterocycles. The molecule has 0 spiro atoms. The number of hydrogen-bond acceptors (Lipinski definition) is 4. The Hall–Kier alpha value is -0.590. The lowest BCUT2D eigenvalue weighted by atomic mass is 10.2. The maximum absolute atomic E-state index is 10.7. The number of halogens is 1. The Morgan fingerprint density at radius 2 is 2.24 bits per heavy atom. The second-order valence-electron chi connectivity index (χ2n) is 3.75. The molecule has 0 bridgehead atoms. The van der Waals surface area contributed by atoms with E-state index in [1.54, 1.807) is 17.8 Å². The molecule has 0 aliphatic heterocycles. The van der Waals surface area contributed by atoms with Gasteiger partial charge in [0.1, 0.15) is 0 Å². The predicted octanol–water partition coefficient (Wildman–Crippen LogP) is 3.20. The van der Waals surface area contributed by atoms with E-state index in [1.807, 2.05) is 6.07 Å². The minimum atomic E-state index is -0.376. The van der Waals surface area contributed by atoms with Gasteiger partial charge in [0.25, 0.3) is 5.69 Å². The zero-order valence-corrected chi connectivity index (χ0v) is 12.2. The van der Waals surface area contributed by atoms with Gasteiger partial charge in [0.15, 0.2) is 0 Å². The first kappa shape index (κ1) is 14.5. The minimum Gasteiger partial charge on any atom is -0.312 e. The highest BCUT2D eigenvalue weighted by Gasteiger charge is 2.08. The number of nitrogens with zero attached hydrogens (tertiary/aromatic N) is 1. The van der Waals surface area contributed by atoms with Crippen LogP contribution in [0.5, 0.6) is 0 Å². The van der Waals surface area contributed by atoms with Crippen LogP contribution in [0, 0.1) is 10.1 Å². The number of benzene rings is 1. The van der Waals surface area contributed by atoms with Crippen LogP contribution in [-0.2, 0) is 6.54 Å². The molecule has 1 N–H and O–H groups in total. The highest BCUT2D eigenvalue weighted by atomic mass is 79.9. The standard InChI is InChI=1S/C11H15BrN2O2S/c1-8(17-2)6-13-7-9-3-10(12)5-11(4-9)14(15)16/h3-5,8,13H,6-7H2,1-2H3. The summed E-state index contributed by atoms with van der Waals surface area (Å²) in [5, 5.41) is 14.5. The molecule has 17 heavy (non-hydrogen) atoms. The zero-order valence-electron chi connectivity index (χ0n) is 9.77. The fraction of sp³-hybridized carbons (Fsp3) is 0.455. The van der Waals surface area contributed by atoms with E-state index in [1.165, 1.54) is 6.07 Å². The van der Waals surface area contributed by atoms with Crippen LogP contribution < -0.4 is 5.32 Å². The Kier molecular flexibility index (Phi) is 5.94. The number of thioether (sulfide) groups is 1. The van der Waals surface area contributed by atoms with Crippen LogP contribution in [0.25, 0.3) is 0 Å². The van der Waals surface area contributed by atoms with Gasteiger partial charge in [-0.15, -0.1) is 0 Å². The molecule has 94 valence electrons. The average Bonchev–Trinajstić information content (AvgIpc) is 2.28.